The zero-order valence-corrected chi connectivity index (χ0v) is 25.2. The van der Waals surface area contributed by atoms with E-state index in [1.165, 1.54) is 19.2 Å². The van der Waals surface area contributed by atoms with Crippen LogP contribution in [0.2, 0.25) is 0 Å². The fourth-order valence-corrected chi connectivity index (χ4v) is 5.07. The predicted molar refractivity (Wildman–Crippen MR) is 157 cm³/mol. The maximum atomic E-state index is 14.4. The average molecular weight is 590 g/mol. The summed E-state index contributed by atoms with van der Waals surface area (Å²) in [6.07, 6.45) is 3.57. The Morgan fingerprint density at radius 1 is 1.14 bits per heavy atom. The standard InChI is InChI=1S/C31H44FN3O7/c1-20-6-8-26(36)18-29(38)42-30(21(2)7-9-27(20)41-31(39)35-12-10-34(4)11-13-35)22(3)14-23-15-24(32)17-25(16-23)33-28(37)19-40-5/h7,9,14-17,20-21,26-27,30,36H,6,8,10-13,18-19H2,1-5H3,(H,33,37)/b9-7-,22-14+/t20-,21-,26+,27-,30-/m0/s1. The van der Waals surface area contributed by atoms with Crippen molar-refractivity contribution in [3.05, 3.63) is 47.3 Å². The molecule has 0 bridgehead atoms. The molecular formula is C31H44FN3O7. The Labute approximate surface area is 247 Å². The Morgan fingerprint density at radius 2 is 1.86 bits per heavy atom. The zero-order chi connectivity index (χ0) is 30.8. The third kappa shape index (κ3) is 10.2. The van der Waals surface area contributed by atoms with Gasteiger partial charge in [-0.25, -0.2) is 9.18 Å². The van der Waals surface area contributed by atoms with Gasteiger partial charge in [0, 0.05) is 44.9 Å². The second-order valence-corrected chi connectivity index (χ2v) is 11.3. The van der Waals surface area contributed by atoms with Gasteiger partial charge in [-0.1, -0.05) is 26.0 Å². The van der Waals surface area contributed by atoms with Gasteiger partial charge in [0.15, 0.2) is 0 Å². The van der Waals surface area contributed by atoms with Crippen molar-refractivity contribution in [2.24, 2.45) is 11.8 Å². The normalized spacial score (nSPS) is 27.3. The highest BCUT2D eigenvalue weighted by Gasteiger charge is 2.29. The number of aliphatic hydroxyl groups is 1. The summed E-state index contributed by atoms with van der Waals surface area (Å²) in [5, 5.41) is 13.1. The Balaban J connectivity index is 1.85. The van der Waals surface area contributed by atoms with E-state index in [9.17, 15) is 23.9 Å². The second-order valence-electron chi connectivity index (χ2n) is 11.3. The summed E-state index contributed by atoms with van der Waals surface area (Å²) >= 11 is 0. The molecule has 0 saturated carbocycles. The zero-order valence-electron chi connectivity index (χ0n) is 25.2. The first-order valence-electron chi connectivity index (χ1n) is 14.4. The number of nitrogens with one attached hydrogen (secondary N) is 1. The number of carbonyl (C=O) groups is 3. The van der Waals surface area contributed by atoms with Crippen LogP contribution in [0.5, 0.6) is 0 Å². The van der Waals surface area contributed by atoms with Gasteiger partial charge in [-0.3, -0.25) is 9.59 Å². The van der Waals surface area contributed by atoms with Crippen molar-refractivity contribution in [1.29, 1.82) is 0 Å². The number of nitrogens with zero attached hydrogens (tertiary/aromatic N) is 2. The van der Waals surface area contributed by atoms with E-state index in [0.29, 0.717) is 37.1 Å². The highest BCUT2D eigenvalue weighted by molar-refractivity contribution is 5.92. The Morgan fingerprint density at radius 3 is 2.55 bits per heavy atom. The molecule has 232 valence electrons. The maximum Gasteiger partial charge on any atom is 0.410 e. The molecule has 0 aliphatic carbocycles. The highest BCUT2D eigenvalue weighted by atomic mass is 19.1. The number of aliphatic hydroxyl groups excluding tert-OH is 1. The van der Waals surface area contributed by atoms with E-state index in [-0.39, 0.29) is 36.6 Å². The van der Waals surface area contributed by atoms with Crippen LogP contribution in [0.25, 0.3) is 6.08 Å². The number of rotatable bonds is 6. The van der Waals surface area contributed by atoms with Crippen molar-refractivity contribution in [3.8, 4) is 0 Å². The summed E-state index contributed by atoms with van der Waals surface area (Å²) in [4.78, 5) is 41.5. The molecule has 10 nitrogen and oxygen atoms in total. The van der Waals surface area contributed by atoms with E-state index < -0.39 is 36.0 Å². The predicted octanol–water partition coefficient (Wildman–Crippen LogP) is 3.85. The van der Waals surface area contributed by atoms with Crippen LogP contribution < -0.4 is 5.32 Å². The number of hydrogen-bond donors (Lipinski definition) is 2. The SMILES string of the molecule is COCC(=O)Nc1cc(F)cc(/C=C(\C)[C@H]2OC(=O)C[C@H](O)CC[C@H](C)[C@@H](OC(=O)N3CCN(C)CC3)/C=C\[C@@H]2C)c1. The van der Waals surface area contributed by atoms with Gasteiger partial charge in [0.05, 0.1) is 12.5 Å². The van der Waals surface area contributed by atoms with Gasteiger partial charge < -0.3 is 34.4 Å². The third-order valence-electron chi connectivity index (χ3n) is 7.58. The Hall–Kier alpha value is -3.28. The van der Waals surface area contributed by atoms with Crippen molar-refractivity contribution in [3.63, 3.8) is 0 Å². The first-order chi connectivity index (χ1) is 19.9. The smallest absolute Gasteiger partial charge is 0.410 e. The number of piperazine rings is 1. The van der Waals surface area contributed by atoms with Crippen molar-refractivity contribution in [1.82, 2.24) is 9.80 Å². The monoisotopic (exact) mass is 589 g/mol. The van der Waals surface area contributed by atoms with Crippen LogP contribution >= 0.6 is 0 Å². The summed E-state index contributed by atoms with van der Waals surface area (Å²) in [6, 6.07) is 4.12. The van der Waals surface area contributed by atoms with Crippen molar-refractivity contribution in [2.45, 2.75) is 58.3 Å². The van der Waals surface area contributed by atoms with E-state index in [1.54, 1.807) is 24.0 Å². The summed E-state index contributed by atoms with van der Waals surface area (Å²) in [7, 11) is 3.41. The lowest BCUT2D eigenvalue weighted by molar-refractivity contribution is -0.151. The number of likely N-dealkylation sites (N-methyl/N-ethyl adjacent to an activating group) is 1. The number of carbonyl (C=O) groups excluding carboxylic acids is 3. The van der Waals surface area contributed by atoms with Gasteiger partial charge in [0.25, 0.3) is 0 Å². The lowest BCUT2D eigenvalue weighted by atomic mass is 9.91. The van der Waals surface area contributed by atoms with Crippen LogP contribution in [-0.4, -0.2) is 98.1 Å². The molecule has 2 amide bonds. The van der Waals surface area contributed by atoms with Gasteiger partial charge >= 0.3 is 12.1 Å². The number of benzene rings is 1. The average Bonchev–Trinajstić information content (AvgIpc) is 2.91. The molecule has 2 aliphatic heterocycles. The molecule has 1 saturated heterocycles. The van der Waals surface area contributed by atoms with Crippen LogP contribution in [0.1, 0.15) is 45.6 Å². The van der Waals surface area contributed by atoms with Gasteiger partial charge in [-0.15, -0.1) is 0 Å². The molecule has 11 heteroatoms. The maximum absolute atomic E-state index is 14.4. The molecule has 2 heterocycles. The van der Waals surface area contributed by atoms with Crippen LogP contribution in [0.15, 0.2) is 35.9 Å². The van der Waals surface area contributed by atoms with Crippen LogP contribution in [0.3, 0.4) is 0 Å². The van der Waals surface area contributed by atoms with Gasteiger partial charge in [-0.2, -0.15) is 0 Å². The number of anilines is 1. The van der Waals surface area contributed by atoms with E-state index in [1.807, 2.05) is 33.0 Å². The van der Waals surface area contributed by atoms with Crippen molar-refractivity contribution >= 4 is 29.7 Å². The number of esters is 1. The number of hydrogen-bond acceptors (Lipinski definition) is 8. The molecule has 0 spiro atoms. The highest BCUT2D eigenvalue weighted by Crippen LogP contribution is 2.26. The van der Waals surface area contributed by atoms with Gasteiger partial charge in [-0.05, 0) is 68.1 Å². The molecule has 2 N–H and O–H groups in total. The number of halogens is 1. The van der Waals surface area contributed by atoms with Gasteiger partial charge in [0.2, 0.25) is 5.91 Å². The van der Waals surface area contributed by atoms with E-state index >= 15 is 0 Å². The fourth-order valence-electron chi connectivity index (χ4n) is 5.07. The molecule has 42 heavy (non-hydrogen) atoms. The van der Waals surface area contributed by atoms with Crippen LogP contribution in [0.4, 0.5) is 14.9 Å². The molecule has 1 aromatic carbocycles. The Bertz CT molecular complexity index is 1150. The number of amides is 2. The summed E-state index contributed by atoms with van der Waals surface area (Å²) in [5.41, 5.74) is 1.36. The lowest BCUT2D eigenvalue weighted by Crippen LogP contribution is -2.48. The molecular weight excluding hydrogens is 545 g/mol. The number of methoxy groups -OCH3 is 1. The minimum absolute atomic E-state index is 0.0934. The topological polar surface area (TPSA) is 118 Å². The first kappa shape index (κ1) is 33.2. The molecule has 2 aliphatic rings. The quantitative estimate of drug-likeness (QED) is 0.380. The van der Waals surface area contributed by atoms with Gasteiger partial charge in [0.1, 0.15) is 24.6 Å². The molecule has 1 fully saturated rings. The second kappa shape index (κ2) is 15.8. The molecule has 0 unspecified atom stereocenters. The molecule has 3 rings (SSSR count). The van der Waals surface area contributed by atoms with Crippen molar-refractivity contribution < 1.29 is 38.1 Å². The summed E-state index contributed by atoms with van der Waals surface area (Å²) < 4.78 is 31.0. The van der Waals surface area contributed by atoms with E-state index in [2.05, 4.69) is 10.2 Å². The first-order valence-corrected chi connectivity index (χ1v) is 14.4. The van der Waals surface area contributed by atoms with E-state index in [4.69, 9.17) is 14.2 Å². The third-order valence-corrected chi connectivity index (χ3v) is 7.58. The van der Waals surface area contributed by atoms with Crippen molar-refractivity contribution in [2.75, 3.05) is 52.3 Å². The minimum Gasteiger partial charge on any atom is -0.457 e. The Kier molecular flexibility index (Phi) is 12.5. The number of cyclic esters (lactones) is 1. The number of ether oxygens (including phenoxy) is 3. The summed E-state index contributed by atoms with van der Waals surface area (Å²) in [5.74, 6) is -1.94. The van der Waals surface area contributed by atoms with Crippen LogP contribution in [0, 0.1) is 17.7 Å². The molecule has 5 atom stereocenters. The minimum atomic E-state index is -0.904. The lowest BCUT2D eigenvalue weighted by Gasteiger charge is -2.33. The summed E-state index contributed by atoms with van der Waals surface area (Å²) in [6.45, 7) is 8.18. The van der Waals surface area contributed by atoms with Crippen LogP contribution in [-0.2, 0) is 23.8 Å². The molecule has 1 aromatic rings. The fraction of sp³-hybridized carbons (Fsp3) is 0.581. The molecule has 0 aromatic heterocycles. The van der Waals surface area contributed by atoms with E-state index in [0.717, 1.165) is 13.1 Å². The largest absolute Gasteiger partial charge is 0.457 e. The molecule has 0 radical (unpaired) electrons.